The van der Waals surface area contributed by atoms with E-state index in [2.05, 4.69) is 31.2 Å². The molecule has 1 amide bonds. The van der Waals surface area contributed by atoms with E-state index in [1.807, 2.05) is 13.8 Å². The number of carbonyl (C=O) groups is 1. The standard InChI is InChI=1S/C13H17BrN4O2/c1-6(2)8(15)4-12(19)16-9-5-11-10(3-7(9)14)17-13(20)18-11/h3,5-6,8H,4,15H2,1-2H3,(H,16,19)(H2,17,18,20). The molecular formula is C13H17BrN4O2. The molecule has 108 valence electrons. The van der Waals surface area contributed by atoms with E-state index >= 15 is 0 Å². The average Bonchev–Trinajstić information content (AvgIpc) is 2.68. The Hall–Kier alpha value is -1.60. The van der Waals surface area contributed by atoms with E-state index in [0.29, 0.717) is 21.2 Å². The molecule has 6 nitrogen and oxygen atoms in total. The number of nitrogens with two attached hydrogens (primary N) is 1. The van der Waals surface area contributed by atoms with Gasteiger partial charge in [-0.15, -0.1) is 0 Å². The zero-order valence-corrected chi connectivity index (χ0v) is 12.9. The monoisotopic (exact) mass is 340 g/mol. The zero-order valence-electron chi connectivity index (χ0n) is 11.3. The minimum Gasteiger partial charge on any atom is -0.327 e. The molecule has 1 aromatic heterocycles. The van der Waals surface area contributed by atoms with Gasteiger partial charge in [-0.3, -0.25) is 4.79 Å². The van der Waals surface area contributed by atoms with E-state index in [1.165, 1.54) is 0 Å². The Morgan fingerprint density at radius 2 is 1.95 bits per heavy atom. The summed E-state index contributed by atoms with van der Waals surface area (Å²) in [5, 5.41) is 2.80. The molecule has 2 rings (SSSR count). The third kappa shape index (κ3) is 3.29. The van der Waals surface area contributed by atoms with Gasteiger partial charge < -0.3 is 21.0 Å². The van der Waals surface area contributed by atoms with Gasteiger partial charge in [0.1, 0.15) is 0 Å². The summed E-state index contributed by atoms with van der Waals surface area (Å²) < 4.78 is 0.701. The first-order chi connectivity index (χ1) is 9.36. The summed E-state index contributed by atoms with van der Waals surface area (Å²) in [5.74, 6) is 0.0943. The normalized spacial score (nSPS) is 12.8. The fraction of sp³-hybridized carbons (Fsp3) is 0.385. The molecule has 0 radical (unpaired) electrons. The second-order valence-electron chi connectivity index (χ2n) is 5.12. The number of rotatable bonds is 4. The van der Waals surface area contributed by atoms with Gasteiger partial charge >= 0.3 is 5.69 Å². The van der Waals surface area contributed by atoms with E-state index in [9.17, 15) is 9.59 Å². The van der Waals surface area contributed by atoms with Gasteiger partial charge in [0.25, 0.3) is 0 Å². The van der Waals surface area contributed by atoms with Gasteiger partial charge in [0.15, 0.2) is 0 Å². The Labute approximate surface area is 124 Å². The molecule has 1 heterocycles. The van der Waals surface area contributed by atoms with Gasteiger partial charge in [0, 0.05) is 16.9 Å². The van der Waals surface area contributed by atoms with E-state index in [0.717, 1.165) is 0 Å². The second-order valence-corrected chi connectivity index (χ2v) is 5.97. The number of hydrogen-bond donors (Lipinski definition) is 4. The van der Waals surface area contributed by atoms with Crippen LogP contribution >= 0.6 is 15.9 Å². The number of benzene rings is 1. The minimum atomic E-state index is -0.280. The molecule has 0 aliphatic rings. The molecule has 0 bridgehead atoms. The van der Waals surface area contributed by atoms with Crippen molar-refractivity contribution in [1.82, 2.24) is 9.97 Å². The van der Waals surface area contributed by atoms with E-state index in [4.69, 9.17) is 5.73 Å². The fourth-order valence-corrected chi connectivity index (χ4v) is 2.25. The highest BCUT2D eigenvalue weighted by Crippen LogP contribution is 2.26. The minimum absolute atomic E-state index is 0.149. The molecule has 0 fully saturated rings. The molecule has 1 atom stereocenters. The Balaban J connectivity index is 2.18. The smallest absolute Gasteiger partial charge is 0.323 e. The number of halogens is 1. The highest BCUT2D eigenvalue weighted by Gasteiger charge is 2.14. The summed E-state index contributed by atoms with van der Waals surface area (Å²) in [6, 6.07) is 3.27. The van der Waals surface area contributed by atoms with Crippen molar-refractivity contribution in [2.24, 2.45) is 11.7 Å². The van der Waals surface area contributed by atoms with Crippen LogP contribution in [0.4, 0.5) is 5.69 Å². The molecule has 0 aliphatic heterocycles. The molecule has 2 aromatic rings. The summed E-state index contributed by atoms with van der Waals surface area (Å²) in [7, 11) is 0. The van der Waals surface area contributed by atoms with Crippen molar-refractivity contribution in [2.45, 2.75) is 26.3 Å². The lowest BCUT2D eigenvalue weighted by Crippen LogP contribution is -2.31. The van der Waals surface area contributed by atoms with Crippen molar-refractivity contribution < 1.29 is 4.79 Å². The van der Waals surface area contributed by atoms with Crippen molar-refractivity contribution in [3.63, 3.8) is 0 Å². The molecule has 1 unspecified atom stereocenters. The number of nitrogens with one attached hydrogen (secondary N) is 3. The lowest BCUT2D eigenvalue weighted by molar-refractivity contribution is -0.116. The van der Waals surface area contributed by atoms with Crippen molar-refractivity contribution >= 4 is 38.6 Å². The molecule has 5 N–H and O–H groups in total. The molecule has 1 aromatic carbocycles. The summed E-state index contributed by atoms with van der Waals surface area (Å²) >= 11 is 3.37. The summed E-state index contributed by atoms with van der Waals surface area (Å²) in [5.41, 5.74) is 7.52. The summed E-state index contributed by atoms with van der Waals surface area (Å²) in [6.07, 6.45) is 0.256. The molecule has 0 saturated heterocycles. The van der Waals surface area contributed by atoms with Gasteiger partial charge in [-0.05, 0) is 34.0 Å². The second kappa shape index (κ2) is 5.80. The third-order valence-electron chi connectivity index (χ3n) is 3.16. The number of amides is 1. The van der Waals surface area contributed by atoms with Gasteiger partial charge in [-0.2, -0.15) is 0 Å². The maximum Gasteiger partial charge on any atom is 0.323 e. The van der Waals surface area contributed by atoms with Gasteiger partial charge in [0.05, 0.1) is 16.7 Å². The van der Waals surface area contributed by atoms with Gasteiger partial charge in [0.2, 0.25) is 5.91 Å². The number of anilines is 1. The predicted octanol–water partition coefficient (Wildman–Crippen LogP) is 1.93. The number of carbonyl (C=O) groups excluding carboxylic acids is 1. The SMILES string of the molecule is CC(C)C(N)CC(=O)Nc1cc2[nH]c(=O)[nH]c2cc1Br. The zero-order chi connectivity index (χ0) is 14.9. The molecule has 0 aliphatic carbocycles. The van der Waals surface area contributed by atoms with Crippen molar-refractivity contribution in [2.75, 3.05) is 5.32 Å². The number of aromatic nitrogens is 2. The molecule has 0 spiro atoms. The largest absolute Gasteiger partial charge is 0.327 e. The van der Waals surface area contributed by atoms with Crippen molar-refractivity contribution in [3.8, 4) is 0 Å². The number of aromatic amines is 2. The van der Waals surface area contributed by atoms with Crippen LogP contribution in [-0.2, 0) is 4.79 Å². The van der Waals surface area contributed by atoms with Crippen LogP contribution in [0.5, 0.6) is 0 Å². The first-order valence-corrected chi connectivity index (χ1v) is 7.13. The van der Waals surface area contributed by atoms with E-state index in [1.54, 1.807) is 12.1 Å². The third-order valence-corrected chi connectivity index (χ3v) is 3.81. The quantitative estimate of drug-likeness (QED) is 0.683. The van der Waals surface area contributed by atoms with Crippen LogP contribution in [-0.4, -0.2) is 21.9 Å². The van der Waals surface area contributed by atoms with Crippen LogP contribution in [0.15, 0.2) is 21.4 Å². The Kier molecular flexibility index (Phi) is 4.29. The van der Waals surface area contributed by atoms with Crippen LogP contribution in [0, 0.1) is 5.92 Å². The lowest BCUT2D eigenvalue weighted by Gasteiger charge is -2.15. The molecular weight excluding hydrogens is 324 g/mol. The Morgan fingerprint density at radius 1 is 1.35 bits per heavy atom. The van der Waals surface area contributed by atoms with Crippen molar-refractivity contribution in [1.29, 1.82) is 0 Å². The van der Waals surface area contributed by atoms with E-state index < -0.39 is 0 Å². The predicted molar refractivity (Wildman–Crippen MR) is 82.7 cm³/mol. The highest BCUT2D eigenvalue weighted by atomic mass is 79.9. The lowest BCUT2D eigenvalue weighted by atomic mass is 10.0. The van der Waals surface area contributed by atoms with Crippen LogP contribution in [0.2, 0.25) is 0 Å². The maximum absolute atomic E-state index is 11.9. The summed E-state index contributed by atoms with van der Waals surface area (Å²) in [6.45, 7) is 3.95. The van der Waals surface area contributed by atoms with Crippen LogP contribution < -0.4 is 16.7 Å². The number of hydrogen-bond acceptors (Lipinski definition) is 3. The van der Waals surface area contributed by atoms with Gasteiger partial charge in [-0.1, -0.05) is 13.8 Å². The Bertz CT molecular complexity index is 689. The van der Waals surface area contributed by atoms with Crippen LogP contribution in [0.25, 0.3) is 11.0 Å². The first kappa shape index (κ1) is 14.8. The van der Waals surface area contributed by atoms with E-state index in [-0.39, 0.29) is 30.0 Å². The van der Waals surface area contributed by atoms with Crippen LogP contribution in [0.3, 0.4) is 0 Å². The topological polar surface area (TPSA) is 104 Å². The number of H-pyrrole nitrogens is 2. The summed E-state index contributed by atoms with van der Waals surface area (Å²) in [4.78, 5) is 28.5. The highest BCUT2D eigenvalue weighted by molar-refractivity contribution is 9.10. The fourth-order valence-electron chi connectivity index (χ4n) is 1.80. The molecule has 0 saturated carbocycles. The van der Waals surface area contributed by atoms with Gasteiger partial charge in [-0.25, -0.2) is 4.79 Å². The first-order valence-electron chi connectivity index (χ1n) is 6.34. The average molecular weight is 341 g/mol. The number of fused-ring (bicyclic) bond motifs is 1. The van der Waals surface area contributed by atoms with Crippen molar-refractivity contribution in [3.05, 3.63) is 27.1 Å². The molecule has 7 heteroatoms. The maximum atomic E-state index is 11.9. The van der Waals surface area contributed by atoms with Crippen LogP contribution in [0.1, 0.15) is 20.3 Å². The number of imidazole rings is 1. The Morgan fingerprint density at radius 3 is 2.55 bits per heavy atom. The molecule has 20 heavy (non-hydrogen) atoms.